The molecular weight excluding hydrogens is 413 g/mol. The van der Waals surface area contributed by atoms with Crippen molar-refractivity contribution < 1.29 is 4.79 Å². The number of dihydropyridines is 1. The van der Waals surface area contributed by atoms with E-state index >= 15 is 0 Å². The van der Waals surface area contributed by atoms with Crippen LogP contribution in [0.2, 0.25) is 10.0 Å². The summed E-state index contributed by atoms with van der Waals surface area (Å²) in [7, 11) is 0. The number of nitrogens with one attached hydrogen (secondary N) is 1. The maximum absolute atomic E-state index is 12.6. The minimum absolute atomic E-state index is 0.0419. The smallest absolute Gasteiger partial charge is 0.174 e. The van der Waals surface area contributed by atoms with Gasteiger partial charge in [-0.3, -0.25) is 9.69 Å². The van der Waals surface area contributed by atoms with Crippen LogP contribution in [0.5, 0.6) is 0 Å². The number of carbonyl (C=O) groups excluding carboxylic acids is 1. The van der Waals surface area contributed by atoms with Gasteiger partial charge in [-0.25, -0.2) is 4.99 Å². The van der Waals surface area contributed by atoms with E-state index in [0.717, 1.165) is 17.1 Å². The van der Waals surface area contributed by atoms with Crippen molar-refractivity contribution >= 4 is 51.6 Å². The fourth-order valence-corrected chi connectivity index (χ4v) is 4.01. The van der Waals surface area contributed by atoms with E-state index in [1.807, 2.05) is 65.9 Å². The van der Waals surface area contributed by atoms with Gasteiger partial charge in [-0.05, 0) is 48.6 Å². The lowest BCUT2D eigenvalue weighted by molar-refractivity contribution is 0.102. The minimum Gasteiger partial charge on any atom is -0.359 e. The Morgan fingerprint density at radius 1 is 1.11 bits per heavy atom. The number of hydrogen-bond donors (Lipinski definition) is 1. The summed E-state index contributed by atoms with van der Waals surface area (Å²) in [5, 5.41) is 5.02. The van der Waals surface area contributed by atoms with Gasteiger partial charge in [0.1, 0.15) is 0 Å². The highest BCUT2D eigenvalue weighted by atomic mass is 35.5. The van der Waals surface area contributed by atoms with Crippen LogP contribution >= 0.6 is 35.0 Å². The number of amidine groups is 1. The number of thioether (sulfide) groups is 1. The van der Waals surface area contributed by atoms with Crippen LogP contribution in [0.4, 0.5) is 5.69 Å². The highest BCUT2D eigenvalue weighted by Gasteiger charge is 2.23. The van der Waals surface area contributed by atoms with E-state index in [1.54, 1.807) is 12.1 Å². The second kappa shape index (κ2) is 8.27. The Bertz CT molecular complexity index is 1040. The highest BCUT2D eigenvalue weighted by Crippen LogP contribution is 2.30. The SMILES string of the molecule is O=C(CSC1=NC2=CC=CNC2=CN1c1ccc(Cl)cc1)c1ccccc1Cl. The molecule has 4 rings (SSSR count). The van der Waals surface area contributed by atoms with E-state index in [4.69, 9.17) is 28.2 Å². The zero-order valence-corrected chi connectivity index (χ0v) is 16.9. The highest BCUT2D eigenvalue weighted by molar-refractivity contribution is 8.14. The first-order valence-electron chi connectivity index (χ1n) is 8.51. The molecule has 0 aliphatic carbocycles. The van der Waals surface area contributed by atoms with Gasteiger partial charge in [0.2, 0.25) is 0 Å². The Morgan fingerprint density at radius 2 is 1.89 bits per heavy atom. The van der Waals surface area contributed by atoms with E-state index in [2.05, 4.69) is 5.32 Å². The summed E-state index contributed by atoms with van der Waals surface area (Å²) in [6.45, 7) is 0. The van der Waals surface area contributed by atoms with Gasteiger partial charge in [-0.15, -0.1) is 0 Å². The lowest BCUT2D eigenvalue weighted by Gasteiger charge is -2.28. The molecule has 0 aromatic heterocycles. The molecule has 7 heteroatoms. The van der Waals surface area contributed by atoms with Crippen molar-refractivity contribution in [1.29, 1.82) is 0 Å². The monoisotopic (exact) mass is 427 g/mol. The Labute approximate surface area is 177 Å². The van der Waals surface area contributed by atoms with Crippen LogP contribution in [0.1, 0.15) is 10.4 Å². The van der Waals surface area contributed by atoms with Gasteiger partial charge in [0.05, 0.1) is 22.2 Å². The number of hydrogen-bond acceptors (Lipinski definition) is 5. The number of allylic oxidation sites excluding steroid dienone is 2. The molecule has 0 unspecified atom stereocenters. The largest absolute Gasteiger partial charge is 0.359 e. The van der Waals surface area contributed by atoms with Gasteiger partial charge >= 0.3 is 0 Å². The summed E-state index contributed by atoms with van der Waals surface area (Å²) in [5.74, 6) is 0.187. The third-order valence-corrected chi connectivity index (χ3v) is 5.69. The Hall–Kier alpha value is -2.47. The number of halogens is 2. The fraction of sp³-hybridized carbons (Fsp3) is 0.0476. The number of ketones is 1. The third kappa shape index (κ3) is 4.02. The van der Waals surface area contributed by atoms with E-state index in [9.17, 15) is 4.79 Å². The van der Waals surface area contributed by atoms with Gasteiger partial charge in [0, 0.05) is 28.7 Å². The lowest BCUT2D eigenvalue weighted by Crippen LogP contribution is -2.30. The second-order valence-electron chi connectivity index (χ2n) is 6.03. The van der Waals surface area contributed by atoms with Crippen LogP contribution in [0, 0.1) is 0 Å². The zero-order chi connectivity index (χ0) is 19.5. The standard InChI is InChI=1S/C21H15Cl2N3OS/c22-14-7-9-15(10-8-14)26-12-19-18(6-3-11-24-19)25-21(26)28-13-20(27)16-4-1-2-5-17(16)23/h1-12,24H,13H2. The van der Waals surface area contributed by atoms with Crippen molar-refractivity contribution in [3.05, 3.63) is 100 Å². The van der Waals surface area contributed by atoms with Crippen molar-refractivity contribution in [2.24, 2.45) is 4.99 Å². The van der Waals surface area contributed by atoms with Gasteiger partial charge < -0.3 is 5.32 Å². The number of anilines is 1. The van der Waals surface area contributed by atoms with E-state index < -0.39 is 0 Å². The molecule has 0 radical (unpaired) electrons. The Kier molecular flexibility index (Phi) is 5.57. The number of aliphatic imine (C=N–C) groups is 1. The van der Waals surface area contributed by atoms with Crippen LogP contribution in [0.3, 0.4) is 0 Å². The Morgan fingerprint density at radius 3 is 2.68 bits per heavy atom. The maximum Gasteiger partial charge on any atom is 0.174 e. The molecule has 1 N–H and O–H groups in total. The molecule has 0 bridgehead atoms. The van der Waals surface area contributed by atoms with Crippen LogP contribution in [-0.2, 0) is 0 Å². The van der Waals surface area contributed by atoms with Gasteiger partial charge in [-0.2, -0.15) is 0 Å². The second-order valence-corrected chi connectivity index (χ2v) is 7.82. The topological polar surface area (TPSA) is 44.7 Å². The van der Waals surface area contributed by atoms with Crippen molar-refractivity contribution in [2.45, 2.75) is 0 Å². The van der Waals surface area contributed by atoms with Gasteiger partial charge in [-0.1, -0.05) is 47.1 Å². The summed E-state index contributed by atoms with van der Waals surface area (Å²) in [5.41, 5.74) is 3.13. The zero-order valence-electron chi connectivity index (χ0n) is 14.6. The fourth-order valence-electron chi connectivity index (χ4n) is 2.77. The molecule has 0 saturated carbocycles. The normalized spacial score (nSPS) is 15.2. The first-order chi connectivity index (χ1) is 13.6. The molecule has 0 amide bonds. The van der Waals surface area contributed by atoms with Crippen molar-refractivity contribution in [2.75, 3.05) is 10.7 Å². The van der Waals surface area contributed by atoms with Gasteiger partial charge in [0.25, 0.3) is 0 Å². The number of rotatable bonds is 4. The summed E-state index contributed by atoms with van der Waals surface area (Å²) < 4.78 is 0. The number of nitrogens with zero attached hydrogens (tertiary/aromatic N) is 2. The van der Waals surface area contributed by atoms with Crippen LogP contribution in [0.25, 0.3) is 0 Å². The summed E-state index contributed by atoms with van der Waals surface area (Å²) in [6.07, 6.45) is 7.64. The van der Waals surface area contributed by atoms with Gasteiger partial charge in [0.15, 0.2) is 11.0 Å². The van der Waals surface area contributed by atoms with Crippen LogP contribution < -0.4 is 10.2 Å². The van der Waals surface area contributed by atoms with Crippen molar-refractivity contribution in [3.8, 4) is 0 Å². The van der Waals surface area contributed by atoms with Crippen molar-refractivity contribution in [3.63, 3.8) is 0 Å². The van der Waals surface area contributed by atoms with E-state index in [-0.39, 0.29) is 11.5 Å². The Balaban J connectivity index is 1.60. The summed E-state index contributed by atoms with van der Waals surface area (Å²) >= 11 is 13.5. The van der Waals surface area contributed by atoms with E-state index in [1.165, 1.54) is 11.8 Å². The molecule has 140 valence electrons. The summed E-state index contributed by atoms with van der Waals surface area (Å²) in [4.78, 5) is 19.3. The predicted molar refractivity (Wildman–Crippen MR) is 118 cm³/mol. The molecular formula is C21H15Cl2N3OS. The number of carbonyl (C=O) groups is 1. The molecule has 2 aromatic rings. The van der Waals surface area contributed by atoms with Crippen molar-refractivity contribution in [1.82, 2.24) is 5.32 Å². The number of benzene rings is 2. The quantitative estimate of drug-likeness (QED) is 0.642. The molecule has 0 atom stereocenters. The molecule has 0 spiro atoms. The van der Waals surface area contributed by atoms with Crippen LogP contribution in [0.15, 0.2) is 89.5 Å². The molecule has 0 saturated heterocycles. The molecule has 2 heterocycles. The number of Topliss-reactive ketones (excluding diaryl/α,β-unsaturated/α-hetero) is 1. The lowest BCUT2D eigenvalue weighted by atomic mass is 10.1. The number of fused-ring (bicyclic) bond motifs is 1. The minimum atomic E-state index is -0.0419. The molecule has 0 fully saturated rings. The van der Waals surface area contributed by atoms with Crippen LogP contribution in [-0.4, -0.2) is 16.7 Å². The molecule has 28 heavy (non-hydrogen) atoms. The molecule has 2 aromatic carbocycles. The average Bonchev–Trinajstić information content (AvgIpc) is 2.72. The van der Waals surface area contributed by atoms with E-state index in [0.29, 0.717) is 20.8 Å². The molecule has 4 nitrogen and oxygen atoms in total. The average molecular weight is 428 g/mol. The summed E-state index contributed by atoms with van der Waals surface area (Å²) in [6, 6.07) is 14.6. The maximum atomic E-state index is 12.6. The molecule has 2 aliphatic rings. The third-order valence-electron chi connectivity index (χ3n) is 4.16. The first-order valence-corrected chi connectivity index (χ1v) is 10.3. The predicted octanol–water partition coefficient (Wildman–Crippen LogP) is 5.63. The first kappa shape index (κ1) is 18.9. The molecule has 2 aliphatic heterocycles.